The van der Waals surface area contributed by atoms with Crippen molar-refractivity contribution in [2.24, 2.45) is 0 Å². The fourth-order valence-electron chi connectivity index (χ4n) is 1.68. The van der Waals surface area contributed by atoms with Crippen molar-refractivity contribution in [1.82, 2.24) is 19.9 Å². The molecule has 0 fully saturated rings. The van der Waals surface area contributed by atoms with Gasteiger partial charge in [-0.15, -0.1) is 11.3 Å². The van der Waals surface area contributed by atoms with Crippen LogP contribution in [-0.4, -0.2) is 33.6 Å². The Morgan fingerprint density at radius 3 is 2.52 bits per heavy atom. The molecule has 0 amide bonds. The van der Waals surface area contributed by atoms with Crippen molar-refractivity contribution in [3.63, 3.8) is 0 Å². The predicted octanol–water partition coefficient (Wildman–Crippen LogP) is 2.66. The Labute approximate surface area is 129 Å². The second-order valence-electron chi connectivity index (χ2n) is 5.65. The second kappa shape index (κ2) is 6.34. The zero-order valence-corrected chi connectivity index (χ0v) is 13.9. The summed E-state index contributed by atoms with van der Waals surface area (Å²) in [4.78, 5) is 17.5. The Hall–Kier alpha value is -1.76. The first kappa shape index (κ1) is 15.6. The van der Waals surface area contributed by atoms with E-state index >= 15 is 0 Å². The van der Waals surface area contributed by atoms with Crippen LogP contribution in [0.25, 0.3) is 0 Å². The van der Waals surface area contributed by atoms with Gasteiger partial charge in [-0.1, -0.05) is 20.8 Å². The Balaban J connectivity index is 2.22. The molecule has 2 aromatic rings. The van der Waals surface area contributed by atoms with E-state index in [0.29, 0.717) is 24.2 Å². The number of hydrogen-bond acceptors (Lipinski definition) is 7. The Morgan fingerprint density at radius 2 is 1.95 bits per heavy atom. The quantitative estimate of drug-likeness (QED) is 0.915. The maximum absolute atomic E-state index is 5.12. The van der Waals surface area contributed by atoms with Crippen LogP contribution < -0.4 is 10.1 Å². The number of nitrogens with zero attached hydrogens (tertiary/aromatic N) is 4. The van der Waals surface area contributed by atoms with E-state index < -0.39 is 0 Å². The molecule has 2 rings (SSSR count). The van der Waals surface area contributed by atoms with E-state index in [4.69, 9.17) is 4.74 Å². The number of nitrogens with one attached hydrogen (secondary N) is 1. The lowest BCUT2D eigenvalue weighted by Gasteiger charge is -2.14. The fraction of sp³-hybridized carbons (Fsp3) is 0.571. The van der Waals surface area contributed by atoms with Crippen LogP contribution in [-0.2, 0) is 11.8 Å². The first-order valence-electron chi connectivity index (χ1n) is 6.90. The number of ether oxygens (including phenoxy) is 1. The zero-order chi connectivity index (χ0) is 15.5. The fourth-order valence-corrected chi connectivity index (χ4v) is 2.69. The first-order chi connectivity index (χ1) is 9.92. The number of anilines is 1. The second-order valence-corrected chi connectivity index (χ2v) is 6.59. The van der Waals surface area contributed by atoms with E-state index in [9.17, 15) is 0 Å². The van der Waals surface area contributed by atoms with Gasteiger partial charge in [0.2, 0.25) is 5.95 Å². The van der Waals surface area contributed by atoms with Gasteiger partial charge >= 0.3 is 6.01 Å². The van der Waals surface area contributed by atoms with Crippen molar-refractivity contribution in [3.8, 4) is 6.01 Å². The highest BCUT2D eigenvalue weighted by atomic mass is 32.1. The van der Waals surface area contributed by atoms with E-state index in [1.54, 1.807) is 18.4 Å². The predicted molar refractivity (Wildman–Crippen MR) is 84.2 cm³/mol. The molecule has 7 heteroatoms. The molecular formula is C14H21N5OS. The highest BCUT2D eigenvalue weighted by molar-refractivity contribution is 7.09. The van der Waals surface area contributed by atoms with Gasteiger partial charge in [0.15, 0.2) is 0 Å². The average Bonchev–Trinajstić information content (AvgIpc) is 2.87. The van der Waals surface area contributed by atoms with Crippen LogP contribution in [0.3, 0.4) is 0 Å². The number of thiazole rings is 1. The van der Waals surface area contributed by atoms with Gasteiger partial charge in [0, 0.05) is 17.3 Å². The average molecular weight is 307 g/mol. The SMILES string of the molecule is CCNc1nc(Cc2nc(C(C)(C)C)cs2)nc(OC)n1. The molecule has 1 N–H and O–H groups in total. The summed E-state index contributed by atoms with van der Waals surface area (Å²) < 4.78 is 5.12. The molecule has 0 unspecified atom stereocenters. The minimum Gasteiger partial charge on any atom is -0.467 e. The van der Waals surface area contributed by atoms with Crippen molar-refractivity contribution < 1.29 is 4.74 Å². The molecule has 0 aliphatic carbocycles. The minimum absolute atomic E-state index is 0.0560. The minimum atomic E-state index is 0.0560. The standard InChI is InChI=1S/C14H21N5OS/c1-6-15-12-17-10(18-13(19-12)20-5)7-11-16-9(8-21-11)14(2,3)4/h8H,6-7H2,1-5H3,(H,15,17,18,19). The van der Waals surface area contributed by atoms with Crippen LogP contribution in [0.1, 0.15) is 44.2 Å². The highest BCUT2D eigenvalue weighted by Crippen LogP contribution is 2.24. The summed E-state index contributed by atoms with van der Waals surface area (Å²) in [6.07, 6.45) is 0.581. The van der Waals surface area contributed by atoms with Crippen molar-refractivity contribution in [2.45, 2.75) is 39.5 Å². The molecule has 0 aromatic carbocycles. The number of hydrogen-bond donors (Lipinski definition) is 1. The molecular weight excluding hydrogens is 286 g/mol. The lowest BCUT2D eigenvalue weighted by molar-refractivity contribution is 0.377. The van der Waals surface area contributed by atoms with Gasteiger partial charge < -0.3 is 10.1 Å². The van der Waals surface area contributed by atoms with E-state index in [0.717, 1.165) is 17.2 Å². The zero-order valence-electron chi connectivity index (χ0n) is 13.1. The number of methoxy groups -OCH3 is 1. The smallest absolute Gasteiger partial charge is 0.321 e. The van der Waals surface area contributed by atoms with Gasteiger partial charge in [-0.2, -0.15) is 15.0 Å². The highest BCUT2D eigenvalue weighted by Gasteiger charge is 2.18. The molecule has 0 aliphatic rings. The third-order valence-corrected chi connectivity index (χ3v) is 3.66. The maximum Gasteiger partial charge on any atom is 0.321 e. The van der Waals surface area contributed by atoms with E-state index in [2.05, 4.69) is 51.4 Å². The molecule has 0 bridgehead atoms. The Bertz CT molecular complexity index is 606. The van der Waals surface area contributed by atoms with Crippen LogP contribution >= 0.6 is 11.3 Å². The van der Waals surface area contributed by atoms with Crippen LogP contribution in [0.2, 0.25) is 0 Å². The van der Waals surface area contributed by atoms with Gasteiger partial charge in [0.05, 0.1) is 19.2 Å². The third kappa shape index (κ3) is 4.10. The van der Waals surface area contributed by atoms with Gasteiger partial charge in [-0.3, -0.25) is 0 Å². The molecule has 0 saturated heterocycles. The first-order valence-corrected chi connectivity index (χ1v) is 7.78. The summed E-state index contributed by atoms with van der Waals surface area (Å²) in [7, 11) is 1.55. The van der Waals surface area contributed by atoms with Crippen LogP contribution in [0, 0.1) is 0 Å². The van der Waals surface area contributed by atoms with Gasteiger partial charge in [0.1, 0.15) is 10.8 Å². The number of aromatic nitrogens is 4. The molecule has 0 radical (unpaired) electrons. The third-order valence-electron chi connectivity index (χ3n) is 2.81. The van der Waals surface area contributed by atoms with Gasteiger partial charge in [-0.05, 0) is 6.92 Å². The monoisotopic (exact) mass is 307 g/mol. The summed E-state index contributed by atoms with van der Waals surface area (Å²) in [6.45, 7) is 9.20. The molecule has 0 atom stereocenters. The van der Waals surface area contributed by atoms with Crippen molar-refractivity contribution in [3.05, 3.63) is 21.9 Å². The topological polar surface area (TPSA) is 72.8 Å². The van der Waals surface area contributed by atoms with Crippen LogP contribution in [0.15, 0.2) is 5.38 Å². The molecule has 0 spiro atoms. The summed E-state index contributed by atoms with van der Waals surface area (Å²) in [5.41, 5.74) is 1.15. The lowest BCUT2D eigenvalue weighted by Crippen LogP contribution is -2.12. The van der Waals surface area contributed by atoms with E-state index in [-0.39, 0.29) is 5.41 Å². The van der Waals surface area contributed by atoms with Crippen molar-refractivity contribution in [2.75, 3.05) is 19.0 Å². The Morgan fingerprint density at radius 1 is 1.19 bits per heavy atom. The molecule has 6 nitrogen and oxygen atoms in total. The Kier molecular flexibility index (Phi) is 4.72. The summed E-state index contributed by atoms with van der Waals surface area (Å²) >= 11 is 1.63. The van der Waals surface area contributed by atoms with Gasteiger partial charge in [0.25, 0.3) is 0 Å². The van der Waals surface area contributed by atoms with Crippen molar-refractivity contribution in [1.29, 1.82) is 0 Å². The molecule has 2 aromatic heterocycles. The molecule has 21 heavy (non-hydrogen) atoms. The molecule has 2 heterocycles. The summed E-state index contributed by atoms with van der Waals surface area (Å²) in [6, 6.07) is 0.323. The number of rotatable bonds is 5. The molecule has 0 aliphatic heterocycles. The maximum atomic E-state index is 5.12. The van der Waals surface area contributed by atoms with Crippen LogP contribution in [0.4, 0.5) is 5.95 Å². The van der Waals surface area contributed by atoms with Gasteiger partial charge in [-0.25, -0.2) is 4.98 Å². The van der Waals surface area contributed by atoms with E-state index in [1.165, 1.54) is 0 Å². The van der Waals surface area contributed by atoms with E-state index in [1.807, 2.05) is 6.92 Å². The molecule has 114 valence electrons. The van der Waals surface area contributed by atoms with Crippen molar-refractivity contribution >= 4 is 17.3 Å². The largest absolute Gasteiger partial charge is 0.467 e. The lowest BCUT2D eigenvalue weighted by atomic mass is 9.93. The normalized spacial score (nSPS) is 11.5. The summed E-state index contributed by atoms with van der Waals surface area (Å²) in [5.74, 6) is 1.19. The van der Waals surface area contributed by atoms with Crippen LogP contribution in [0.5, 0.6) is 6.01 Å². The molecule has 0 saturated carbocycles. The summed E-state index contributed by atoms with van der Waals surface area (Å²) in [5, 5.41) is 6.17.